The molecular weight excluding hydrogens is 341 g/mol. The molecule has 0 aliphatic carbocycles. The number of ether oxygens (including phenoxy) is 1. The largest absolute Gasteiger partial charge is 0.383 e. The van der Waals surface area contributed by atoms with E-state index >= 15 is 0 Å². The zero-order valence-electron chi connectivity index (χ0n) is 13.9. The zero-order valence-corrected chi connectivity index (χ0v) is 15.5. The average Bonchev–Trinajstić information content (AvgIpc) is 2.76. The Hall–Kier alpha value is -0.890. The normalized spacial score (nSPS) is 18.8. The molecule has 2 heterocycles. The Morgan fingerprint density at radius 1 is 1.43 bits per heavy atom. The first-order valence-electron chi connectivity index (χ1n) is 7.42. The summed E-state index contributed by atoms with van der Waals surface area (Å²) in [6.45, 7) is 6.43. The number of likely N-dealkylation sites (tertiary alicyclic amines) is 1. The van der Waals surface area contributed by atoms with Crippen LogP contribution in [0.4, 0.5) is 0 Å². The predicted molar refractivity (Wildman–Crippen MR) is 93.1 cm³/mol. The molecule has 2 rings (SSSR count). The second-order valence-corrected chi connectivity index (χ2v) is 5.74. The van der Waals surface area contributed by atoms with E-state index < -0.39 is 6.04 Å². The van der Waals surface area contributed by atoms with Gasteiger partial charge < -0.3 is 15.4 Å². The zero-order chi connectivity index (χ0) is 15.4. The number of carbonyl (C=O) groups excluding carboxylic acids is 1. The molecule has 9 heteroatoms. The number of aromatic nitrogens is 3. The molecule has 0 spiro atoms. The molecule has 1 aromatic rings. The first-order chi connectivity index (χ1) is 10.0. The molecule has 1 aliphatic heterocycles. The topological polar surface area (TPSA) is 86.3 Å². The third-order valence-corrected chi connectivity index (χ3v) is 3.89. The number of carbonyl (C=O) groups is 1. The summed E-state index contributed by atoms with van der Waals surface area (Å²) in [5.74, 6) is 2.09. The van der Waals surface area contributed by atoms with Crippen LogP contribution in [0.1, 0.15) is 24.5 Å². The van der Waals surface area contributed by atoms with Gasteiger partial charge in [-0.1, -0.05) is 0 Å². The molecule has 1 saturated heterocycles. The number of hydrogen-bond acceptors (Lipinski definition) is 5. The van der Waals surface area contributed by atoms with Gasteiger partial charge >= 0.3 is 0 Å². The number of piperidine rings is 1. The quantitative estimate of drug-likeness (QED) is 0.836. The molecule has 1 aliphatic rings. The maximum absolute atomic E-state index is 12.2. The summed E-state index contributed by atoms with van der Waals surface area (Å²) >= 11 is 0. The molecule has 2 atom stereocenters. The van der Waals surface area contributed by atoms with Crippen molar-refractivity contribution in [2.24, 2.45) is 11.7 Å². The van der Waals surface area contributed by atoms with Gasteiger partial charge in [0.05, 0.1) is 6.61 Å². The van der Waals surface area contributed by atoms with Crippen LogP contribution in [-0.4, -0.2) is 58.4 Å². The van der Waals surface area contributed by atoms with Crippen molar-refractivity contribution in [2.45, 2.75) is 39.3 Å². The van der Waals surface area contributed by atoms with Crippen molar-refractivity contribution in [1.82, 2.24) is 19.7 Å². The molecule has 134 valence electrons. The molecule has 0 radical (unpaired) electrons. The number of halogens is 2. The standard InChI is InChI=1S/C14H25N5O2.2ClH/c1-10-16-11(2)19(17-10)8-12-5-4-6-18(7-12)14(20)13(15)9-21-3;;/h12-13H,4-9,15H2,1-3H3;2*1H. The van der Waals surface area contributed by atoms with E-state index in [1.165, 1.54) is 0 Å². The Morgan fingerprint density at radius 2 is 2.13 bits per heavy atom. The fourth-order valence-electron chi connectivity index (χ4n) is 2.88. The van der Waals surface area contributed by atoms with Crippen LogP contribution in [0.25, 0.3) is 0 Å². The molecule has 0 aromatic carbocycles. The van der Waals surface area contributed by atoms with Crippen molar-refractivity contribution < 1.29 is 9.53 Å². The van der Waals surface area contributed by atoms with E-state index in [0.29, 0.717) is 5.92 Å². The van der Waals surface area contributed by atoms with Gasteiger partial charge in [0.15, 0.2) is 0 Å². The van der Waals surface area contributed by atoms with E-state index in [0.717, 1.165) is 44.1 Å². The Bertz CT molecular complexity index is 498. The minimum absolute atomic E-state index is 0. The first-order valence-corrected chi connectivity index (χ1v) is 7.42. The molecule has 2 unspecified atom stereocenters. The van der Waals surface area contributed by atoms with Crippen LogP contribution in [0.2, 0.25) is 0 Å². The van der Waals surface area contributed by atoms with Gasteiger partial charge in [0.1, 0.15) is 17.7 Å². The minimum atomic E-state index is -0.566. The summed E-state index contributed by atoms with van der Waals surface area (Å²) in [5, 5.41) is 4.40. The summed E-state index contributed by atoms with van der Waals surface area (Å²) in [4.78, 5) is 18.4. The highest BCUT2D eigenvalue weighted by molar-refractivity contribution is 5.85. The van der Waals surface area contributed by atoms with E-state index in [1.54, 1.807) is 7.11 Å². The van der Waals surface area contributed by atoms with Gasteiger partial charge in [-0.15, -0.1) is 24.8 Å². The van der Waals surface area contributed by atoms with Gasteiger partial charge in [-0.25, -0.2) is 9.67 Å². The van der Waals surface area contributed by atoms with Gasteiger partial charge in [0.25, 0.3) is 0 Å². The summed E-state index contributed by atoms with van der Waals surface area (Å²) < 4.78 is 6.90. The summed E-state index contributed by atoms with van der Waals surface area (Å²) in [6.07, 6.45) is 2.10. The van der Waals surface area contributed by atoms with Gasteiger partial charge in [-0.3, -0.25) is 4.79 Å². The van der Waals surface area contributed by atoms with E-state index in [-0.39, 0.29) is 37.3 Å². The fraction of sp³-hybridized carbons (Fsp3) is 0.786. The highest BCUT2D eigenvalue weighted by Gasteiger charge is 2.27. The van der Waals surface area contributed by atoms with Crippen LogP contribution in [-0.2, 0) is 16.1 Å². The highest BCUT2D eigenvalue weighted by Crippen LogP contribution is 2.19. The molecule has 1 amide bonds. The average molecular weight is 368 g/mol. The van der Waals surface area contributed by atoms with Crippen molar-refractivity contribution in [3.63, 3.8) is 0 Å². The highest BCUT2D eigenvalue weighted by atomic mass is 35.5. The smallest absolute Gasteiger partial charge is 0.241 e. The minimum Gasteiger partial charge on any atom is -0.383 e. The maximum atomic E-state index is 12.2. The third-order valence-electron chi connectivity index (χ3n) is 3.89. The molecule has 0 bridgehead atoms. The Balaban J connectivity index is 0.00000242. The molecular formula is C14H27Cl2N5O2. The maximum Gasteiger partial charge on any atom is 0.241 e. The van der Waals surface area contributed by atoms with Crippen LogP contribution >= 0.6 is 24.8 Å². The van der Waals surface area contributed by atoms with Gasteiger partial charge in [0.2, 0.25) is 5.91 Å². The lowest BCUT2D eigenvalue weighted by Crippen LogP contribution is -2.50. The van der Waals surface area contributed by atoms with Crippen molar-refractivity contribution in [3.8, 4) is 0 Å². The summed E-state index contributed by atoms with van der Waals surface area (Å²) in [6, 6.07) is -0.566. The molecule has 7 nitrogen and oxygen atoms in total. The second kappa shape index (κ2) is 10.1. The molecule has 1 fully saturated rings. The number of hydrogen-bond donors (Lipinski definition) is 1. The molecule has 1 aromatic heterocycles. The van der Waals surface area contributed by atoms with E-state index in [1.807, 2.05) is 23.4 Å². The van der Waals surface area contributed by atoms with E-state index in [9.17, 15) is 4.79 Å². The van der Waals surface area contributed by atoms with Crippen molar-refractivity contribution in [2.75, 3.05) is 26.8 Å². The monoisotopic (exact) mass is 367 g/mol. The van der Waals surface area contributed by atoms with Crippen LogP contribution in [0.5, 0.6) is 0 Å². The molecule has 0 saturated carbocycles. The van der Waals surface area contributed by atoms with E-state index in [2.05, 4.69) is 10.1 Å². The van der Waals surface area contributed by atoms with Crippen molar-refractivity contribution in [3.05, 3.63) is 11.6 Å². The Labute approximate surface area is 149 Å². The number of amides is 1. The van der Waals surface area contributed by atoms with Gasteiger partial charge in [0, 0.05) is 26.7 Å². The number of nitrogens with zero attached hydrogens (tertiary/aromatic N) is 4. The van der Waals surface area contributed by atoms with Crippen molar-refractivity contribution in [1.29, 1.82) is 0 Å². The number of aryl methyl sites for hydroxylation is 2. The van der Waals surface area contributed by atoms with Crippen LogP contribution < -0.4 is 5.73 Å². The van der Waals surface area contributed by atoms with Crippen LogP contribution in [0.3, 0.4) is 0 Å². The number of rotatable bonds is 5. The fourth-order valence-corrected chi connectivity index (χ4v) is 2.88. The number of nitrogens with two attached hydrogens (primary N) is 1. The van der Waals surface area contributed by atoms with Crippen molar-refractivity contribution >= 4 is 30.7 Å². The number of methoxy groups -OCH3 is 1. The Kier molecular flexibility index (Phi) is 9.68. The lowest BCUT2D eigenvalue weighted by atomic mass is 9.97. The molecule has 2 N–H and O–H groups in total. The van der Waals surface area contributed by atoms with E-state index in [4.69, 9.17) is 10.5 Å². The second-order valence-electron chi connectivity index (χ2n) is 5.74. The predicted octanol–water partition coefficient (Wildman–Crippen LogP) is 0.951. The third kappa shape index (κ3) is 5.91. The lowest BCUT2D eigenvalue weighted by molar-refractivity contribution is -0.135. The van der Waals surface area contributed by atoms with Gasteiger partial charge in [-0.2, -0.15) is 5.10 Å². The van der Waals surface area contributed by atoms with Gasteiger partial charge in [-0.05, 0) is 32.6 Å². The summed E-state index contributed by atoms with van der Waals surface area (Å²) in [5.41, 5.74) is 5.84. The summed E-state index contributed by atoms with van der Waals surface area (Å²) in [7, 11) is 1.56. The van der Waals surface area contributed by atoms with Crippen LogP contribution in [0, 0.1) is 19.8 Å². The molecule has 23 heavy (non-hydrogen) atoms. The van der Waals surface area contributed by atoms with Crippen LogP contribution in [0.15, 0.2) is 0 Å². The Morgan fingerprint density at radius 3 is 2.70 bits per heavy atom. The lowest BCUT2D eigenvalue weighted by Gasteiger charge is -2.34. The first kappa shape index (κ1) is 22.1. The SMILES string of the molecule is COCC(N)C(=O)N1CCCC(Cn2nc(C)nc2C)C1.Cl.Cl.